The number of rotatable bonds is 5. The Morgan fingerprint density at radius 1 is 0.295 bits per heavy atom. The molecule has 15 nitrogen and oxygen atoms in total. The number of carbonyl (C=O) groups excluding carboxylic acids is 5. The number of benzene rings is 10. The van der Waals surface area contributed by atoms with Crippen molar-refractivity contribution in [2.24, 2.45) is 0 Å². The molecule has 3 amide bonds. The molecule has 4 N–H and O–H groups in total. The Bertz CT molecular complexity index is 6380. The molecule has 13 aliphatic rings. The summed E-state index contributed by atoms with van der Waals surface area (Å²) in [5.41, 5.74) is 40.7. The van der Waals surface area contributed by atoms with Crippen molar-refractivity contribution < 1.29 is 34.2 Å². The van der Waals surface area contributed by atoms with Crippen LogP contribution in [0.5, 0.6) is 11.5 Å². The minimum Gasteiger partial charge on any atom is -0.508 e. The number of ketones is 2. The first-order valence-electron chi connectivity index (χ1n) is 55.0. The number of aromatic hydroxyl groups is 2. The van der Waals surface area contributed by atoms with E-state index in [1.54, 1.807) is 50.4 Å². The van der Waals surface area contributed by atoms with Gasteiger partial charge < -0.3 is 30.6 Å². The maximum absolute atomic E-state index is 11.6. The molecule has 0 spiro atoms. The first kappa shape index (κ1) is 113. The van der Waals surface area contributed by atoms with E-state index in [9.17, 15) is 34.2 Å². The summed E-state index contributed by atoms with van der Waals surface area (Å²) in [6, 6.07) is 70.2. The standard InChI is InChI=1S/2C15H21N.C14H19NO.C13H17NO.C12H15NO2.C12H15NO.C12H17N.C12H14O.C12H16.C10H10O.C7H9N/c2*1-11-4-5-12-9-16(13-6-7-13)10-15(2,3)14(12)8-11;1-14(2)9-15(11-4-5-11)8-10-3-6-12(16)7-13(10)14;1-10-4-5-11-7-14(9-15)8-13(2,3)12(11)6-10;1-12(2)7-13(8-14)6-9-3-4-10(15)5-11(9)12;1-8-4-5-9-10(6-8)12(2,3)7-13-11(9)14;1-9-4-5-10-7-13-8-12(2,3)11(10)6-9;1-8-4-5-9-10(6-8)12(2,3)7-11(9)13;1-9-4-5-10-6-7-12(2,3)11(10)8-9;1-7-2-3-8-4-5-10(11)9(8)6-7;1-6-3-4-7(2)8-5-6/h2*4-5,8,13H,6-7,9-10H2,1-3H3;3,6-7,11,16H,4-5,8-9H2,1-2H3;4-6,9H,7-8H2,1-3H3;3-5,8,15H,6-7H2,1-2H3;4-6H,7H2,1-3H3,(H,13,14);4-6,13H,7-8H2,1-3H3;4-6H,7H2,1-3H3;4-5,8H,6-7H2,1-3H3;2-3,6H,4-5H2,1H3;3-5H,1-2H3. The van der Waals surface area contributed by atoms with Crippen molar-refractivity contribution >= 4 is 30.3 Å². The highest BCUT2D eigenvalue weighted by Gasteiger charge is 2.44. The third-order valence-electron chi connectivity index (χ3n) is 32.8. The smallest absolute Gasteiger partial charge is 0.251 e. The van der Waals surface area contributed by atoms with E-state index in [0.29, 0.717) is 70.7 Å². The summed E-state index contributed by atoms with van der Waals surface area (Å²) >= 11 is 0. The molecule has 15 heteroatoms. The number of hydrogen-bond donors (Lipinski definition) is 4. The summed E-state index contributed by atoms with van der Waals surface area (Å²) in [4.78, 5) is 71.7. The number of carbonyl (C=O) groups is 5. The van der Waals surface area contributed by atoms with Gasteiger partial charge in [0.05, 0.1) is 0 Å². The topological polar surface area (TPSA) is 179 Å². The van der Waals surface area contributed by atoms with Gasteiger partial charge in [0.25, 0.3) is 5.91 Å². The van der Waals surface area contributed by atoms with E-state index in [1.807, 2.05) is 86.5 Å². The van der Waals surface area contributed by atoms with E-state index < -0.39 is 0 Å². The fourth-order valence-electron chi connectivity index (χ4n) is 23.9. The van der Waals surface area contributed by atoms with Gasteiger partial charge in [-0.3, -0.25) is 43.7 Å². The number of phenolic OH excluding ortho intramolecular Hbond substituents is 2. The second kappa shape index (κ2) is 46.0. The first-order valence-corrected chi connectivity index (χ1v) is 55.0. The molecule has 8 heterocycles. The van der Waals surface area contributed by atoms with Crippen LogP contribution < -0.4 is 10.6 Å². The number of pyridine rings is 1. The van der Waals surface area contributed by atoms with E-state index in [4.69, 9.17) is 0 Å². The van der Waals surface area contributed by atoms with Crippen molar-refractivity contribution in [1.29, 1.82) is 0 Å². The van der Waals surface area contributed by atoms with Crippen LogP contribution in [0, 0.1) is 69.2 Å². The largest absolute Gasteiger partial charge is 0.508 e. The van der Waals surface area contributed by atoms with E-state index in [0.717, 1.165) is 117 Å². The predicted octanol–water partition coefficient (Wildman–Crippen LogP) is 27.3. The second-order valence-corrected chi connectivity index (χ2v) is 51.4. The van der Waals surface area contributed by atoms with Crippen molar-refractivity contribution in [3.63, 3.8) is 0 Å². The van der Waals surface area contributed by atoms with Crippen molar-refractivity contribution in [3.05, 3.63) is 367 Å². The zero-order chi connectivity index (χ0) is 108. The molecule has 0 radical (unpaired) electrons. The highest BCUT2D eigenvalue weighted by molar-refractivity contribution is 6.02. The summed E-state index contributed by atoms with van der Waals surface area (Å²) in [6.45, 7) is 74.3. The van der Waals surface area contributed by atoms with Gasteiger partial charge in [-0.1, -0.05) is 321 Å². The predicted molar refractivity (Wildman–Crippen MR) is 614 cm³/mol. The van der Waals surface area contributed by atoms with Crippen molar-refractivity contribution in [2.75, 3.05) is 45.8 Å². The Morgan fingerprint density at radius 3 is 1.03 bits per heavy atom. The Kier molecular flexibility index (Phi) is 34.9. The van der Waals surface area contributed by atoms with Gasteiger partial charge in [0, 0.05) is 183 Å². The van der Waals surface area contributed by atoms with Gasteiger partial charge in [-0.15, -0.1) is 0 Å². The van der Waals surface area contributed by atoms with Gasteiger partial charge in [0.15, 0.2) is 11.6 Å². The Hall–Kier alpha value is -11.5. The lowest BCUT2D eigenvalue weighted by Gasteiger charge is -2.40. The quantitative estimate of drug-likeness (QED) is 0.120. The molecule has 3 fully saturated rings. The fraction of sp³-hybridized carbons (Fsp3) is 0.478. The van der Waals surface area contributed by atoms with Crippen LogP contribution in [0.15, 0.2) is 200 Å². The third kappa shape index (κ3) is 28.7. The third-order valence-corrected chi connectivity index (χ3v) is 32.8. The normalized spacial score (nSPS) is 19.8. The lowest BCUT2D eigenvalue weighted by Crippen LogP contribution is -2.43. The molecule has 3 saturated carbocycles. The van der Waals surface area contributed by atoms with Gasteiger partial charge in [-0.25, -0.2) is 0 Å². The molecule has 6 aliphatic carbocycles. The molecule has 0 atom stereocenters. The minimum absolute atomic E-state index is 0.0401. The summed E-state index contributed by atoms with van der Waals surface area (Å²) in [5, 5.41) is 25.4. The fourth-order valence-corrected chi connectivity index (χ4v) is 23.9. The molecular weight excluding hydrogens is 1830 g/mol. The van der Waals surface area contributed by atoms with Gasteiger partial charge in [0.1, 0.15) is 11.5 Å². The molecule has 0 saturated heterocycles. The van der Waals surface area contributed by atoms with Gasteiger partial charge in [0.2, 0.25) is 12.8 Å². The summed E-state index contributed by atoms with van der Waals surface area (Å²) in [7, 11) is 0. The molecule has 149 heavy (non-hydrogen) atoms. The number of Topliss-reactive ketones (excluding diaryl/α,β-unsaturated/α-hetero) is 2. The maximum Gasteiger partial charge on any atom is 0.251 e. The highest BCUT2D eigenvalue weighted by Crippen LogP contribution is 2.47. The Balaban J connectivity index is 0.000000130. The number of phenols is 2. The number of nitrogens with one attached hydrogen (secondary N) is 2. The van der Waals surface area contributed by atoms with Crippen LogP contribution in [0.25, 0.3) is 0 Å². The molecule has 24 rings (SSSR count). The van der Waals surface area contributed by atoms with Crippen LogP contribution in [-0.2, 0) is 110 Å². The summed E-state index contributed by atoms with van der Waals surface area (Å²) in [5.74, 6) is 1.34. The maximum atomic E-state index is 11.6. The molecule has 11 aromatic rings. The van der Waals surface area contributed by atoms with Crippen LogP contribution in [0.4, 0.5) is 0 Å². The van der Waals surface area contributed by atoms with Crippen LogP contribution in [0.2, 0.25) is 0 Å². The number of fused-ring (bicyclic) bond motifs is 10. The molecule has 792 valence electrons. The van der Waals surface area contributed by atoms with Crippen LogP contribution in [0.3, 0.4) is 0 Å². The number of amides is 3. The van der Waals surface area contributed by atoms with Crippen LogP contribution in [0.1, 0.15) is 364 Å². The minimum atomic E-state index is -0.0900. The zero-order valence-electron chi connectivity index (χ0n) is 95.5. The van der Waals surface area contributed by atoms with E-state index in [-0.39, 0.29) is 33.0 Å². The number of nitrogens with zero attached hydrogens (tertiary/aromatic N) is 6. The lowest BCUT2D eigenvalue weighted by atomic mass is 9.77. The van der Waals surface area contributed by atoms with E-state index in [2.05, 4.69) is 331 Å². The number of aryl methyl sites for hydroxylation is 12. The SMILES string of the molecule is CC1(C)CN(C2CC2)Cc2ccc(O)cc21.CC1(C)CN(C=O)Cc2ccc(O)cc21.Cc1ccc(C)nc1.Cc1ccc2c(c1)C(=O)CC2.Cc1ccc2c(c1)C(C)(C)CC2.Cc1ccc2c(c1)C(C)(C)CC2=O.Cc1ccc2c(c1)C(C)(C)CN(C1CC1)C2.Cc1ccc2c(c1)C(C)(C)CN(C1CC1)C2.Cc1ccc2c(c1)C(C)(C)CN(C=O)C2.Cc1ccc2c(c1)C(C)(C)CNC2.Cc1ccc2c(c1)C(C)(C)CNC2=O. The second-order valence-electron chi connectivity index (χ2n) is 51.4. The lowest BCUT2D eigenvalue weighted by molar-refractivity contribution is -0.120. The summed E-state index contributed by atoms with van der Waals surface area (Å²) in [6.07, 6.45) is 17.0. The van der Waals surface area contributed by atoms with Crippen molar-refractivity contribution in [3.8, 4) is 11.5 Å². The average Bonchev–Trinajstić information content (AvgIpc) is 1.47. The van der Waals surface area contributed by atoms with E-state index in [1.165, 1.54) is 178 Å². The first-order chi connectivity index (χ1) is 70.0. The van der Waals surface area contributed by atoms with Crippen molar-refractivity contribution in [2.45, 2.75) is 371 Å². The van der Waals surface area contributed by atoms with Crippen molar-refractivity contribution in [1.82, 2.24) is 40.1 Å². The van der Waals surface area contributed by atoms with Gasteiger partial charge in [-0.05, 0) is 280 Å². The Morgan fingerprint density at radius 2 is 0.624 bits per heavy atom. The molecule has 7 aliphatic heterocycles. The molecular formula is C134H174N8O7. The molecule has 0 bridgehead atoms. The van der Waals surface area contributed by atoms with Crippen LogP contribution >= 0.6 is 0 Å². The van der Waals surface area contributed by atoms with Crippen LogP contribution in [-0.4, -0.2) is 134 Å². The summed E-state index contributed by atoms with van der Waals surface area (Å²) < 4.78 is 0. The zero-order valence-corrected chi connectivity index (χ0v) is 95.5. The monoisotopic (exact) mass is 2010 g/mol. The molecule has 10 aromatic carbocycles. The number of hydrogen-bond acceptors (Lipinski definition) is 12. The molecule has 1 aromatic heterocycles. The van der Waals surface area contributed by atoms with E-state index >= 15 is 0 Å². The molecule has 0 unspecified atom stereocenters. The average molecular weight is 2010 g/mol. The van der Waals surface area contributed by atoms with Gasteiger partial charge >= 0.3 is 0 Å². The Labute approximate surface area is 894 Å². The van der Waals surface area contributed by atoms with Gasteiger partial charge in [-0.2, -0.15) is 0 Å². The number of aromatic nitrogens is 1. The highest BCUT2D eigenvalue weighted by atomic mass is 16.3.